The van der Waals surface area contributed by atoms with Crippen LogP contribution in [0, 0.1) is 11.6 Å². The van der Waals surface area contributed by atoms with Crippen molar-refractivity contribution >= 4 is 12.0 Å². The van der Waals surface area contributed by atoms with Crippen molar-refractivity contribution in [3.8, 4) is 0 Å². The summed E-state index contributed by atoms with van der Waals surface area (Å²) in [5, 5.41) is 2.60. The number of urea groups is 1. The molecule has 0 fully saturated rings. The maximum atomic E-state index is 13.5. The molecule has 2 amide bonds. The Balaban J connectivity index is 2.56. The molecule has 0 bridgehead atoms. The first kappa shape index (κ1) is 16.7. The van der Waals surface area contributed by atoms with Gasteiger partial charge in [0.15, 0.2) is 11.6 Å². The lowest BCUT2D eigenvalue weighted by molar-refractivity contribution is -0.136. The standard InChI is InChI=1S/C16H16F2N2O3/c1-4-7-20-9(2)13(15(21)23-3)14(19-16(20)22)10-5-6-11(17)12(18)8-10/h4-6,8,14H,1,7H2,2-3H3,(H,19,22)/t14-/m0/s1. The van der Waals surface area contributed by atoms with E-state index in [1.54, 1.807) is 6.92 Å². The minimum atomic E-state index is -1.06. The highest BCUT2D eigenvalue weighted by atomic mass is 19.2. The molecule has 122 valence electrons. The molecule has 5 nitrogen and oxygen atoms in total. The van der Waals surface area contributed by atoms with Gasteiger partial charge in [-0.1, -0.05) is 12.1 Å². The van der Waals surface area contributed by atoms with E-state index in [0.29, 0.717) is 5.70 Å². The molecule has 0 saturated carbocycles. The van der Waals surface area contributed by atoms with E-state index in [4.69, 9.17) is 4.74 Å². The van der Waals surface area contributed by atoms with Gasteiger partial charge in [0.1, 0.15) is 0 Å². The minimum absolute atomic E-state index is 0.153. The van der Waals surface area contributed by atoms with Crippen LogP contribution >= 0.6 is 0 Å². The van der Waals surface area contributed by atoms with Crippen LogP contribution in [0.1, 0.15) is 18.5 Å². The van der Waals surface area contributed by atoms with Crippen molar-refractivity contribution in [1.29, 1.82) is 0 Å². The fraction of sp³-hybridized carbons (Fsp3) is 0.250. The Morgan fingerprint density at radius 3 is 2.70 bits per heavy atom. The van der Waals surface area contributed by atoms with Crippen molar-refractivity contribution in [2.75, 3.05) is 13.7 Å². The molecule has 0 aromatic heterocycles. The molecular formula is C16H16F2N2O3. The lowest BCUT2D eigenvalue weighted by Crippen LogP contribution is -2.48. The van der Waals surface area contributed by atoms with E-state index in [-0.39, 0.29) is 17.7 Å². The van der Waals surface area contributed by atoms with E-state index >= 15 is 0 Å². The number of ether oxygens (including phenoxy) is 1. The van der Waals surface area contributed by atoms with Gasteiger partial charge in [-0.2, -0.15) is 0 Å². The smallest absolute Gasteiger partial charge is 0.337 e. The number of halogens is 2. The molecule has 0 unspecified atom stereocenters. The summed E-state index contributed by atoms with van der Waals surface area (Å²) in [5.41, 5.74) is 0.769. The molecule has 0 radical (unpaired) electrons. The summed E-state index contributed by atoms with van der Waals surface area (Å²) in [6.07, 6.45) is 1.51. The van der Waals surface area contributed by atoms with Gasteiger partial charge in [-0.05, 0) is 24.6 Å². The van der Waals surface area contributed by atoms with E-state index in [9.17, 15) is 18.4 Å². The van der Waals surface area contributed by atoms with E-state index < -0.39 is 29.7 Å². The topological polar surface area (TPSA) is 58.6 Å². The number of benzene rings is 1. The number of esters is 1. The molecule has 0 aliphatic carbocycles. The average molecular weight is 322 g/mol. The first-order valence-corrected chi connectivity index (χ1v) is 6.83. The zero-order chi connectivity index (χ0) is 17.1. The Kier molecular flexibility index (Phi) is 4.78. The number of hydrogen-bond acceptors (Lipinski definition) is 3. The summed E-state index contributed by atoms with van der Waals surface area (Å²) in [6, 6.07) is 1.80. The maximum absolute atomic E-state index is 13.5. The largest absolute Gasteiger partial charge is 0.466 e. The van der Waals surface area contributed by atoms with Gasteiger partial charge in [-0.3, -0.25) is 4.90 Å². The Labute approximate surface area is 132 Å². The molecule has 0 spiro atoms. The van der Waals surface area contributed by atoms with Gasteiger partial charge in [0, 0.05) is 12.2 Å². The van der Waals surface area contributed by atoms with Crippen molar-refractivity contribution in [1.82, 2.24) is 10.2 Å². The molecule has 1 aromatic carbocycles. The number of hydrogen-bond donors (Lipinski definition) is 1. The van der Waals surface area contributed by atoms with Gasteiger partial charge in [0.05, 0.1) is 18.7 Å². The molecule has 1 atom stereocenters. The highest BCUT2D eigenvalue weighted by Gasteiger charge is 2.36. The molecule has 7 heteroatoms. The number of methoxy groups -OCH3 is 1. The summed E-state index contributed by atoms with van der Waals surface area (Å²) in [7, 11) is 1.21. The SMILES string of the molecule is C=CCN1C(=O)N[C@@H](c2ccc(F)c(F)c2)C(C(=O)OC)=C1C. The van der Waals surface area contributed by atoms with Crippen molar-refractivity contribution in [3.05, 3.63) is 59.3 Å². The van der Waals surface area contributed by atoms with Gasteiger partial charge in [-0.15, -0.1) is 6.58 Å². The van der Waals surface area contributed by atoms with Crippen LogP contribution in [0.2, 0.25) is 0 Å². The second-order valence-electron chi connectivity index (χ2n) is 4.95. The molecule has 1 aliphatic rings. The summed E-state index contributed by atoms with van der Waals surface area (Å²) >= 11 is 0. The number of nitrogens with zero attached hydrogens (tertiary/aromatic N) is 1. The molecule has 1 aliphatic heterocycles. The lowest BCUT2D eigenvalue weighted by Gasteiger charge is -2.34. The molecule has 1 aromatic rings. The van der Waals surface area contributed by atoms with Gasteiger partial charge in [-0.25, -0.2) is 18.4 Å². The van der Waals surface area contributed by atoms with Gasteiger partial charge < -0.3 is 10.1 Å². The molecular weight excluding hydrogens is 306 g/mol. The second kappa shape index (κ2) is 6.60. The van der Waals surface area contributed by atoms with Gasteiger partial charge in [0.2, 0.25) is 0 Å². The van der Waals surface area contributed by atoms with E-state index in [0.717, 1.165) is 12.1 Å². The predicted molar refractivity (Wildman–Crippen MR) is 79.2 cm³/mol. The van der Waals surface area contributed by atoms with Crippen molar-refractivity contribution < 1.29 is 23.1 Å². The third-order valence-electron chi connectivity index (χ3n) is 3.59. The number of nitrogens with one attached hydrogen (secondary N) is 1. The zero-order valence-electron chi connectivity index (χ0n) is 12.7. The summed E-state index contributed by atoms with van der Waals surface area (Å²) in [6.45, 7) is 5.34. The van der Waals surface area contributed by atoms with Crippen molar-refractivity contribution in [2.45, 2.75) is 13.0 Å². The lowest BCUT2D eigenvalue weighted by atomic mass is 9.94. The quantitative estimate of drug-likeness (QED) is 0.685. The van der Waals surface area contributed by atoms with Crippen molar-refractivity contribution in [3.63, 3.8) is 0 Å². The van der Waals surface area contributed by atoms with E-state index in [1.165, 1.54) is 24.2 Å². The first-order valence-electron chi connectivity index (χ1n) is 6.83. The minimum Gasteiger partial charge on any atom is -0.466 e. The normalized spacial score (nSPS) is 17.8. The zero-order valence-corrected chi connectivity index (χ0v) is 12.7. The Morgan fingerprint density at radius 2 is 2.13 bits per heavy atom. The van der Waals surface area contributed by atoms with Crippen LogP contribution < -0.4 is 5.32 Å². The average Bonchev–Trinajstić information content (AvgIpc) is 2.53. The number of carbonyl (C=O) groups excluding carboxylic acids is 2. The van der Waals surface area contributed by atoms with Crippen LogP contribution in [-0.2, 0) is 9.53 Å². The summed E-state index contributed by atoms with van der Waals surface area (Å²) in [4.78, 5) is 25.6. The second-order valence-corrected chi connectivity index (χ2v) is 4.95. The fourth-order valence-corrected chi connectivity index (χ4v) is 2.45. The van der Waals surface area contributed by atoms with Gasteiger partial charge >= 0.3 is 12.0 Å². The van der Waals surface area contributed by atoms with Crippen LogP contribution in [0.3, 0.4) is 0 Å². The van der Waals surface area contributed by atoms with Crippen LogP contribution in [0.4, 0.5) is 13.6 Å². The number of allylic oxidation sites excluding steroid dienone is 1. The van der Waals surface area contributed by atoms with Crippen LogP contribution in [0.5, 0.6) is 0 Å². The highest BCUT2D eigenvalue weighted by Crippen LogP contribution is 2.31. The Bertz CT molecular complexity index is 701. The predicted octanol–water partition coefficient (Wildman–Crippen LogP) is 2.66. The molecule has 1 heterocycles. The Hall–Kier alpha value is -2.70. The molecule has 23 heavy (non-hydrogen) atoms. The molecule has 2 rings (SSSR count). The van der Waals surface area contributed by atoms with Crippen LogP contribution in [-0.4, -0.2) is 30.6 Å². The van der Waals surface area contributed by atoms with Gasteiger partial charge in [0.25, 0.3) is 0 Å². The third-order valence-corrected chi connectivity index (χ3v) is 3.59. The summed E-state index contributed by atoms with van der Waals surface area (Å²) in [5.74, 6) is -2.73. The van der Waals surface area contributed by atoms with Crippen LogP contribution in [0.15, 0.2) is 42.1 Å². The highest BCUT2D eigenvalue weighted by molar-refractivity contribution is 5.95. The number of carbonyl (C=O) groups is 2. The fourth-order valence-electron chi connectivity index (χ4n) is 2.45. The molecule has 1 N–H and O–H groups in total. The number of amides is 2. The molecule has 0 saturated heterocycles. The number of rotatable bonds is 4. The van der Waals surface area contributed by atoms with E-state index in [1.807, 2.05) is 0 Å². The maximum Gasteiger partial charge on any atom is 0.337 e. The van der Waals surface area contributed by atoms with Crippen molar-refractivity contribution in [2.24, 2.45) is 0 Å². The monoisotopic (exact) mass is 322 g/mol. The van der Waals surface area contributed by atoms with E-state index in [2.05, 4.69) is 11.9 Å². The Morgan fingerprint density at radius 1 is 1.43 bits per heavy atom. The first-order chi connectivity index (χ1) is 10.9. The third kappa shape index (κ3) is 3.08. The van der Waals surface area contributed by atoms with Crippen LogP contribution in [0.25, 0.3) is 0 Å². The summed E-state index contributed by atoms with van der Waals surface area (Å²) < 4.78 is 31.4.